The van der Waals surface area contributed by atoms with E-state index in [9.17, 15) is 14.4 Å². The predicted octanol–water partition coefficient (Wildman–Crippen LogP) is 1.40. The third kappa shape index (κ3) is 2.50. The minimum atomic E-state index is -0.420. The van der Waals surface area contributed by atoms with Crippen molar-refractivity contribution in [3.63, 3.8) is 0 Å². The third-order valence-electron chi connectivity index (χ3n) is 3.45. The number of amides is 3. The molecule has 3 rings (SSSR count). The van der Waals surface area contributed by atoms with Crippen LogP contribution in [0.2, 0.25) is 0 Å². The average molecular weight is 315 g/mol. The first-order chi connectivity index (χ1) is 10.6. The molecule has 112 valence electrons. The van der Waals surface area contributed by atoms with E-state index in [4.69, 9.17) is 0 Å². The van der Waals surface area contributed by atoms with Crippen LogP contribution in [0.4, 0.5) is 0 Å². The number of hydrogen-bond donors (Lipinski definition) is 0. The van der Waals surface area contributed by atoms with Gasteiger partial charge in [-0.15, -0.1) is 11.3 Å². The molecule has 0 atom stereocenters. The summed E-state index contributed by atoms with van der Waals surface area (Å²) in [5, 5.41) is 2.64. The van der Waals surface area contributed by atoms with Crippen molar-refractivity contribution in [2.45, 2.75) is 6.54 Å². The number of rotatable bonds is 4. The summed E-state index contributed by atoms with van der Waals surface area (Å²) in [6.45, 7) is 0.105. The van der Waals surface area contributed by atoms with Crippen LogP contribution < -0.4 is 0 Å². The second-order valence-electron chi connectivity index (χ2n) is 4.92. The maximum atomic E-state index is 12.2. The molecule has 0 aliphatic carbocycles. The van der Waals surface area contributed by atoms with E-state index in [2.05, 4.69) is 4.98 Å². The summed E-state index contributed by atoms with van der Waals surface area (Å²) in [5.41, 5.74) is 0.700. The number of fused-ring (bicyclic) bond motifs is 1. The summed E-state index contributed by atoms with van der Waals surface area (Å²) >= 11 is 1.45. The fourth-order valence-corrected chi connectivity index (χ4v) is 2.93. The highest BCUT2D eigenvalue weighted by Crippen LogP contribution is 2.22. The van der Waals surface area contributed by atoms with Crippen LogP contribution in [0.15, 0.2) is 35.8 Å². The highest BCUT2D eigenvalue weighted by molar-refractivity contribution is 7.09. The van der Waals surface area contributed by atoms with Gasteiger partial charge >= 0.3 is 0 Å². The summed E-state index contributed by atoms with van der Waals surface area (Å²) < 4.78 is 0. The van der Waals surface area contributed by atoms with Crippen LogP contribution in [0.3, 0.4) is 0 Å². The smallest absolute Gasteiger partial charge is 0.262 e. The molecular formula is C15H13N3O3S. The molecule has 0 bridgehead atoms. The molecule has 1 aromatic heterocycles. The van der Waals surface area contributed by atoms with Crippen molar-refractivity contribution in [3.8, 4) is 0 Å². The van der Waals surface area contributed by atoms with Gasteiger partial charge < -0.3 is 4.90 Å². The molecule has 1 aromatic carbocycles. The van der Waals surface area contributed by atoms with Crippen molar-refractivity contribution in [1.29, 1.82) is 0 Å². The molecule has 2 aromatic rings. The monoisotopic (exact) mass is 315 g/mol. The molecule has 0 spiro atoms. The Bertz CT molecular complexity index is 707. The second-order valence-corrected chi connectivity index (χ2v) is 5.90. The number of benzene rings is 1. The number of carbonyl (C=O) groups excluding carboxylic acids is 3. The zero-order valence-electron chi connectivity index (χ0n) is 11.9. The van der Waals surface area contributed by atoms with Crippen LogP contribution >= 0.6 is 11.3 Å². The lowest BCUT2D eigenvalue weighted by atomic mass is 10.1. The summed E-state index contributed by atoms with van der Waals surface area (Å²) in [5.74, 6) is -1.14. The Kier molecular flexibility index (Phi) is 3.72. The minimum Gasteiger partial charge on any atom is -0.337 e. The number of carbonyl (C=O) groups is 3. The van der Waals surface area contributed by atoms with Crippen LogP contribution in [0.1, 0.15) is 25.7 Å². The van der Waals surface area contributed by atoms with Crippen molar-refractivity contribution in [3.05, 3.63) is 52.0 Å². The summed E-state index contributed by atoms with van der Waals surface area (Å²) in [6.07, 6.45) is 1.67. The van der Waals surface area contributed by atoms with E-state index >= 15 is 0 Å². The maximum absolute atomic E-state index is 12.2. The van der Waals surface area contributed by atoms with Gasteiger partial charge in [0.1, 0.15) is 11.6 Å². The zero-order chi connectivity index (χ0) is 15.7. The topological polar surface area (TPSA) is 70.6 Å². The summed E-state index contributed by atoms with van der Waals surface area (Å²) in [7, 11) is 1.63. The average Bonchev–Trinajstić information content (AvgIpc) is 3.10. The quantitative estimate of drug-likeness (QED) is 0.800. The number of nitrogens with zero attached hydrogens (tertiary/aromatic N) is 3. The Hall–Kier alpha value is -2.54. The standard InChI is InChI=1S/C15H13N3O3S/c1-17(8-12-16-6-7-22-12)13(19)9-18-14(20)10-4-2-3-5-11(10)15(18)21/h2-7H,8-9H2,1H3. The summed E-state index contributed by atoms with van der Waals surface area (Å²) in [4.78, 5) is 43.2. The normalized spacial score (nSPS) is 13.4. The van der Waals surface area contributed by atoms with E-state index < -0.39 is 11.8 Å². The zero-order valence-corrected chi connectivity index (χ0v) is 12.7. The molecule has 0 saturated carbocycles. The van der Waals surface area contributed by atoms with Gasteiger partial charge in [0.05, 0.1) is 17.7 Å². The number of imide groups is 1. The second kappa shape index (κ2) is 5.69. The van der Waals surface area contributed by atoms with Crippen LogP contribution in [0.25, 0.3) is 0 Å². The third-order valence-corrected chi connectivity index (χ3v) is 4.22. The SMILES string of the molecule is CN(Cc1nccs1)C(=O)CN1C(=O)c2ccccc2C1=O. The summed E-state index contributed by atoms with van der Waals surface area (Å²) in [6, 6.07) is 6.59. The first-order valence-corrected chi connectivity index (χ1v) is 7.53. The molecule has 0 saturated heterocycles. The van der Waals surface area contributed by atoms with Gasteiger partial charge in [-0.3, -0.25) is 19.3 Å². The lowest BCUT2D eigenvalue weighted by molar-refractivity contribution is -0.130. The lowest BCUT2D eigenvalue weighted by Gasteiger charge is -2.19. The largest absolute Gasteiger partial charge is 0.337 e. The fraction of sp³-hybridized carbons (Fsp3) is 0.200. The van der Waals surface area contributed by atoms with Crippen molar-refractivity contribution >= 4 is 29.1 Å². The van der Waals surface area contributed by atoms with E-state index in [0.29, 0.717) is 17.7 Å². The van der Waals surface area contributed by atoms with Gasteiger partial charge in [-0.25, -0.2) is 4.98 Å². The Morgan fingerprint density at radius 3 is 2.41 bits per heavy atom. The van der Waals surface area contributed by atoms with Gasteiger partial charge in [-0.2, -0.15) is 0 Å². The van der Waals surface area contributed by atoms with Crippen LogP contribution in [0.5, 0.6) is 0 Å². The molecular weight excluding hydrogens is 302 g/mol. The van der Waals surface area contributed by atoms with Crippen molar-refractivity contribution in [2.24, 2.45) is 0 Å². The minimum absolute atomic E-state index is 0.256. The van der Waals surface area contributed by atoms with Crippen molar-refractivity contribution < 1.29 is 14.4 Å². The molecule has 0 N–H and O–H groups in total. The molecule has 2 heterocycles. The van der Waals surface area contributed by atoms with E-state index in [-0.39, 0.29) is 12.5 Å². The van der Waals surface area contributed by atoms with Crippen LogP contribution in [0, 0.1) is 0 Å². The van der Waals surface area contributed by atoms with E-state index in [0.717, 1.165) is 9.91 Å². The lowest BCUT2D eigenvalue weighted by Crippen LogP contribution is -2.40. The van der Waals surface area contributed by atoms with Gasteiger partial charge in [0, 0.05) is 18.6 Å². The van der Waals surface area contributed by atoms with E-state index in [1.54, 1.807) is 37.5 Å². The Labute approximate surface area is 131 Å². The number of thiazole rings is 1. The van der Waals surface area contributed by atoms with Gasteiger partial charge in [-0.05, 0) is 12.1 Å². The molecule has 22 heavy (non-hydrogen) atoms. The van der Waals surface area contributed by atoms with Crippen molar-refractivity contribution in [1.82, 2.24) is 14.8 Å². The van der Waals surface area contributed by atoms with Gasteiger partial charge in [0.15, 0.2) is 0 Å². The van der Waals surface area contributed by atoms with Crippen LogP contribution in [-0.4, -0.2) is 46.1 Å². The molecule has 0 unspecified atom stereocenters. The highest BCUT2D eigenvalue weighted by Gasteiger charge is 2.36. The Morgan fingerprint density at radius 1 is 1.23 bits per heavy atom. The highest BCUT2D eigenvalue weighted by atomic mass is 32.1. The number of aromatic nitrogens is 1. The van der Waals surface area contributed by atoms with Gasteiger partial charge in [-0.1, -0.05) is 12.1 Å². The van der Waals surface area contributed by atoms with E-state index in [1.807, 2.05) is 5.38 Å². The van der Waals surface area contributed by atoms with Crippen molar-refractivity contribution in [2.75, 3.05) is 13.6 Å². The molecule has 1 aliphatic heterocycles. The first kappa shape index (κ1) is 14.4. The molecule has 3 amide bonds. The van der Waals surface area contributed by atoms with Gasteiger partial charge in [0.25, 0.3) is 11.8 Å². The number of likely N-dealkylation sites (N-methyl/N-ethyl adjacent to an activating group) is 1. The molecule has 1 aliphatic rings. The Balaban J connectivity index is 1.70. The molecule has 7 heteroatoms. The maximum Gasteiger partial charge on any atom is 0.262 e. The van der Waals surface area contributed by atoms with Gasteiger partial charge in [0.2, 0.25) is 5.91 Å². The van der Waals surface area contributed by atoms with E-state index in [1.165, 1.54) is 16.2 Å². The molecule has 0 radical (unpaired) electrons. The Morgan fingerprint density at radius 2 is 1.86 bits per heavy atom. The molecule has 0 fully saturated rings. The first-order valence-electron chi connectivity index (χ1n) is 6.65. The number of hydrogen-bond acceptors (Lipinski definition) is 5. The van der Waals surface area contributed by atoms with Crippen LogP contribution in [-0.2, 0) is 11.3 Å². The predicted molar refractivity (Wildman–Crippen MR) is 80.4 cm³/mol. The molecule has 6 nitrogen and oxygen atoms in total. The fourth-order valence-electron chi connectivity index (χ4n) is 2.26.